The van der Waals surface area contributed by atoms with Crippen LogP contribution in [0.5, 0.6) is 0 Å². The van der Waals surface area contributed by atoms with Crippen molar-refractivity contribution in [3.8, 4) is 0 Å². The molecule has 1 fully saturated rings. The van der Waals surface area contributed by atoms with E-state index in [9.17, 15) is 9.59 Å². The minimum atomic E-state index is -0.0730. The van der Waals surface area contributed by atoms with Gasteiger partial charge in [0.1, 0.15) is 5.82 Å². The highest BCUT2D eigenvalue weighted by Crippen LogP contribution is 2.16. The third-order valence-electron chi connectivity index (χ3n) is 3.10. The first kappa shape index (κ1) is 13.5. The van der Waals surface area contributed by atoms with Crippen LogP contribution in [0.25, 0.3) is 0 Å². The third-order valence-corrected chi connectivity index (χ3v) is 3.10. The number of rotatable bonds is 5. The molecule has 2 rings (SSSR count). The molecule has 0 saturated carbocycles. The third kappa shape index (κ3) is 3.53. The van der Waals surface area contributed by atoms with Crippen LogP contribution in [0.4, 0.5) is 5.82 Å². The van der Waals surface area contributed by atoms with Gasteiger partial charge in [0, 0.05) is 25.6 Å². The number of hydrogen-bond acceptors (Lipinski definition) is 4. The number of aromatic nitrogens is 1. The van der Waals surface area contributed by atoms with E-state index in [1.54, 1.807) is 6.20 Å². The summed E-state index contributed by atoms with van der Waals surface area (Å²) in [5, 5.41) is 3.19. The average molecular weight is 261 g/mol. The standard InChI is InChI=1S/C14H19N3O2/c1-2-7-15-12-9-11(6-8-16-12)10-17-13(18)4-3-5-14(17)19/h6,8-9H,2-5,7,10H2,1H3,(H,15,16). The summed E-state index contributed by atoms with van der Waals surface area (Å²) in [6.45, 7) is 3.29. The molecule has 1 saturated heterocycles. The lowest BCUT2D eigenvalue weighted by molar-refractivity contribution is -0.148. The molecular formula is C14H19N3O2. The van der Waals surface area contributed by atoms with Crippen LogP contribution in [0, 0.1) is 0 Å². The molecule has 1 N–H and O–H groups in total. The summed E-state index contributed by atoms with van der Waals surface area (Å²) in [6.07, 6.45) is 4.34. The first-order chi connectivity index (χ1) is 9.20. The first-order valence-corrected chi connectivity index (χ1v) is 6.72. The smallest absolute Gasteiger partial charge is 0.229 e. The molecule has 0 bridgehead atoms. The monoisotopic (exact) mass is 261 g/mol. The Morgan fingerprint density at radius 1 is 1.32 bits per heavy atom. The number of carbonyl (C=O) groups excluding carboxylic acids is 2. The fourth-order valence-corrected chi connectivity index (χ4v) is 2.08. The van der Waals surface area contributed by atoms with Gasteiger partial charge in [0.05, 0.1) is 6.54 Å². The summed E-state index contributed by atoms with van der Waals surface area (Å²) in [6, 6.07) is 3.73. The number of imide groups is 1. The SMILES string of the molecule is CCCNc1cc(CN2C(=O)CCCC2=O)ccn1. The Kier molecular flexibility index (Phi) is 4.49. The van der Waals surface area contributed by atoms with Gasteiger partial charge in [0.15, 0.2) is 0 Å². The number of hydrogen-bond donors (Lipinski definition) is 1. The van der Waals surface area contributed by atoms with E-state index in [0.717, 1.165) is 24.3 Å². The highest BCUT2D eigenvalue weighted by molar-refractivity contribution is 5.97. The van der Waals surface area contributed by atoms with Crippen molar-refractivity contribution in [3.63, 3.8) is 0 Å². The lowest BCUT2D eigenvalue weighted by Crippen LogP contribution is -2.39. The first-order valence-electron chi connectivity index (χ1n) is 6.72. The second-order valence-corrected chi connectivity index (χ2v) is 4.70. The maximum atomic E-state index is 11.7. The van der Waals surface area contributed by atoms with Crippen molar-refractivity contribution in [1.29, 1.82) is 0 Å². The number of pyridine rings is 1. The minimum absolute atomic E-state index is 0.0730. The van der Waals surface area contributed by atoms with Gasteiger partial charge in [-0.2, -0.15) is 0 Å². The molecule has 5 heteroatoms. The van der Waals surface area contributed by atoms with E-state index >= 15 is 0 Å². The topological polar surface area (TPSA) is 62.3 Å². The molecule has 0 aliphatic carbocycles. The number of amides is 2. The van der Waals surface area contributed by atoms with E-state index in [1.807, 2.05) is 12.1 Å². The highest BCUT2D eigenvalue weighted by atomic mass is 16.2. The highest BCUT2D eigenvalue weighted by Gasteiger charge is 2.25. The van der Waals surface area contributed by atoms with Crippen LogP contribution in [-0.4, -0.2) is 28.2 Å². The molecule has 5 nitrogen and oxygen atoms in total. The number of nitrogens with one attached hydrogen (secondary N) is 1. The molecule has 0 spiro atoms. The molecule has 0 unspecified atom stereocenters. The molecule has 0 atom stereocenters. The quantitative estimate of drug-likeness (QED) is 0.823. The van der Waals surface area contributed by atoms with E-state index in [0.29, 0.717) is 25.8 Å². The molecular weight excluding hydrogens is 242 g/mol. The zero-order chi connectivity index (χ0) is 13.7. The Balaban J connectivity index is 2.05. The molecule has 2 heterocycles. The van der Waals surface area contributed by atoms with Crippen molar-refractivity contribution in [2.24, 2.45) is 0 Å². The largest absolute Gasteiger partial charge is 0.370 e. The van der Waals surface area contributed by atoms with Gasteiger partial charge >= 0.3 is 0 Å². The van der Waals surface area contributed by atoms with Gasteiger partial charge in [-0.1, -0.05) is 6.92 Å². The lowest BCUT2D eigenvalue weighted by Gasteiger charge is -2.24. The van der Waals surface area contributed by atoms with E-state index in [1.165, 1.54) is 4.90 Å². The van der Waals surface area contributed by atoms with Gasteiger partial charge in [-0.3, -0.25) is 14.5 Å². The summed E-state index contributed by atoms with van der Waals surface area (Å²) < 4.78 is 0. The Morgan fingerprint density at radius 3 is 2.74 bits per heavy atom. The summed E-state index contributed by atoms with van der Waals surface area (Å²) in [5.74, 6) is 0.642. The Morgan fingerprint density at radius 2 is 2.05 bits per heavy atom. The molecule has 1 aliphatic rings. The number of anilines is 1. The van der Waals surface area contributed by atoms with Gasteiger partial charge in [-0.25, -0.2) is 4.98 Å². The number of likely N-dealkylation sites (tertiary alicyclic amines) is 1. The van der Waals surface area contributed by atoms with Gasteiger partial charge in [0.2, 0.25) is 11.8 Å². The number of carbonyl (C=O) groups is 2. The van der Waals surface area contributed by atoms with E-state index in [4.69, 9.17) is 0 Å². The fraction of sp³-hybridized carbons (Fsp3) is 0.500. The zero-order valence-electron chi connectivity index (χ0n) is 11.2. The molecule has 2 amide bonds. The van der Waals surface area contributed by atoms with Crippen molar-refractivity contribution in [1.82, 2.24) is 9.88 Å². The predicted molar refractivity (Wildman–Crippen MR) is 72.4 cm³/mol. The van der Waals surface area contributed by atoms with Crippen molar-refractivity contribution in [2.45, 2.75) is 39.2 Å². The Hall–Kier alpha value is -1.91. The van der Waals surface area contributed by atoms with Crippen molar-refractivity contribution < 1.29 is 9.59 Å². The van der Waals surface area contributed by atoms with Gasteiger partial charge < -0.3 is 5.32 Å². The van der Waals surface area contributed by atoms with Crippen LogP contribution in [0.3, 0.4) is 0 Å². The molecule has 102 valence electrons. The predicted octanol–water partition coefficient (Wildman–Crippen LogP) is 1.94. The van der Waals surface area contributed by atoms with Gasteiger partial charge in [0.25, 0.3) is 0 Å². The second kappa shape index (κ2) is 6.31. The van der Waals surface area contributed by atoms with Gasteiger partial charge in [-0.05, 0) is 30.5 Å². The van der Waals surface area contributed by atoms with Crippen LogP contribution in [-0.2, 0) is 16.1 Å². The van der Waals surface area contributed by atoms with E-state index < -0.39 is 0 Å². The summed E-state index contributed by atoms with van der Waals surface area (Å²) in [7, 11) is 0. The molecule has 19 heavy (non-hydrogen) atoms. The van der Waals surface area contributed by atoms with Crippen molar-refractivity contribution >= 4 is 17.6 Å². The average Bonchev–Trinajstić information content (AvgIpc) is 2.41. The molecule has 1 aromatic rings. The summed E-state index contributed by atoms with van der Waals surface area (Å²) in [5.41, 5.74) is 0.928. The Bertz CT molecular complexity index is 458. The molecule has 0 radical (unpaired) electrons. The zero-order valence-corrected chi connectivity index (χ0v) is 11.2. The summed E-state index contributed by atoms with van der Waals surface area (Å²) >= 11 is 0. The molecule has 0 aromatic carbocycles. The summed E-state index contributed by atoms with van der Waals surface area (Å²) in [4.78, 5) is 29.0. The van der Waals surface area contributed by atoms with Crippen LogP contribution < -0.4 is 5.32 Å². The normalized spacial score (nSPS) is 15.7. The molecule has 1 aliphatic heterocycles. The van der Waals surface area contributed by atoms with Crippen LogP contribution in [0.2, 0.25) is 0 Å². The maximum absolute atomic E-state index is 11.7. The minimum Gasteiger partial charge on any atom is -0.370 e. The van der Waals surface area contributed by atoms with Crippen LogP contribution in [0.1, 0.15) is 38.2 Å². The van der Waals surface area contributed by atoms with Gasteiger partial charge in [-0.15, -0.1) is 0 Å². The maximum Gasteiger partial charge on any atom is 0.229 e. The number of nitrogens with zero attached hydrogens (tertiary/aromatic N) is 2. The molecule has 1 aromatic heterocycles. The van der Waals surface area contributed by atoms with Crippen LogP contribution >= 0.6 is 0 Å². The van der Waals surface area contributed by atoms with E-state index in [-0.39, 0.29) is 11.8 Å². The van der Waals surface area contributed by atoms with Crippen molar-refractivity contribution in [3.05, 3.63) is 23.9 Å². The number of piperidine rings is 1. The Labute approximate surface area is 113 Å². The second-order valence-electron chi connectivity index (χ2n) is 4.70. The van der Waals surface area contributed by atoms with Crippen LogP contribution in [0.15, 0.2) is 18.3 Å². The lowest BCUT2D eigenvalue weighted by atomic mass is 10.1. The van der Waals surface area contributed by atoms with Crippen molar-refractivity contribution in [2.75, 3.05) is 11.9 Å². The van der Waals surface area contributed by atoms with E-state index in [2.05, 4.69) is 17.2 Å². The fourth-order valence-electron chi connectivity index (χ4n) is 2.08.